The van der Waals surface area contributed by atoms with E-state index in [1.54, 1.807) is 48.5 Å². The molecule has 24 heavy (non-hydrogen) atoms. The lowest BCUT2D eigenvalue weighted by Gasteiger charge is -2.19. The minimum absolute atomic E-state index is 0.0562. The second-order valence-corrected chi connectivity index (χ2v) is 7.97. The molecule has 2 aromatic carbocycles. The molecule has 0 atom stereocenters. The first kappa shape index (κ1) is 16.5. The number of nitrogens with one attached hydrogen (secondary N) is 1. The summed E-state index contributed by atoms with van der Waals surface area (Å²) in [4.78, 5) is 12.4. The fourth-order valence-corrected chi connectivity index (χ4v) is 4.35. The number of hydrogen-bond acceptors (Lipinski definition) is 3. The van der Waals surface area contributed by atoms with Crippen molar-refractivity contribution < 1.29 is 13.2 Å². The van der Waals surface area contributed by atoms with E-state index in [-0.39, 0.29) is 16.8 Å². The second-order valence-electron chi connectivity index (χ2n) is 6.11. The van der Waals surface area contributed by atoms with Gasteiger partial charge in [-0.15, -0.1) is 0 Å². The lowest BCUT2D eigenvalue weighted by Crippen LogP contribution is -2.30. The number of sulfonamides is 1. The molecular formula is C18H20N2O3S. The van der Waals surface area contributed by atoms with Crippen molar-refractivity contribution in [3.05, 3.63) is 59.7 Å². The highest BCUT2D eigenvalue weighted by Crippen LogP contribution is 2.33. The Morgan fingerprint density at radius 1 is 1.12 bits per heavy atom. The van der Waals surface area contributed by atoms with Crippen LogP contribution in [-0.2, 0) is 16.4 Å². The van der Waals surface area contributed by atoms with Gasteiger partial charge in [0.2, 0.25) is 0 Å². The molecule has 126 valence electrons. The van der Waals surface area contributed by atoms with Crippen LogP contribution in [0.3, 0.4) is 0 Å². The predicted molar refractivity (Wildman–Crippen MR) is 93.7 cm³/mol. The van der Waals surface area contributed by atoms with Crippen molar-refractivity contribution in [1.82, 2.24) is 5.32 Å². The zero-order valence-electron chi connectivity index (χ0n) is 13.7. The number of benzene rings is 2. The van der Waals surface area contributed by atoms with Crippen molar-refractivity contribution in [2.45, 2.75) is 31.2 Å². The molecular weight excluding hydrogens is 324 g/mol. The Hall–Kier alpha value is -2.34. The van der Waals surface area contributed by atoms with Gasteiger partial charge in [0, 0.05) is 18.2 Å². The summed E-state index contributed by atoms with van der Waals surface area (Å²) in [6, 6.07) is 13.6. The van der Waals surface area contributed by atoms with E-state index >= 15 is 0 Å². The molecule has 0 saturated carbocycles. The fraction of sp³-hybridized carbons (Fsp3) is 0.278. The molecule has 1 amide bonds. The van der Waals surface area contributed by atoms with Gasteiger partial charge in [-0.2, -0.15) is 0 Å². The lowest BCUT2D eigenvalue weighted by molar-refractivity contribution is 0.0943. The van der Waals surface area contributed by atoms with Crippen molar-refractivity contribution in [2.24, 2.45) is 0 Å². The molecule has 3 rings (SSSR count). The number of nitrogens with zero attached hydrogens (tertiary/aromatic N) is 1. The normalized spacial score (nSPS) is 13.9. The molecule has 5 nitrogen and oxygen atoms in total. The van der Waals surface area contributed by atoms with Gasteiger partial charge in [0.25, 0.3) is 15.9 Å². The summed E-state index contributed by atoms with van der Waals surface area (Å²) in [7, 11) is -3.57. The molecule has 2 aromatic rings. The molecule has 1 N–H and O–H groups in total. The topological polar surface area (TPSA) is 66.5 Å². The van der Waals surface area contributed by atoms with Gasteiger partial charge >= 0.3 is 0 Å². The minimum atomic E-state index is -3.57. The van der Waals surface area contributed by atoms with Crippen LogP contribution in [0.2, 0.25) is 0 Å². The third-order valence-corrected chi connectivity index (χ3v) is 5.77. The van der Waals surface area contributed by atoms with Gasteiger partial charge in [-0.25, -0.2) is 8.42 Å². The van der Waals surface area contributed by atoms with Gasteiger partial charge in [0.1, 0.15) is 0 Å². The predicted octanol–water partition coefficient (Wildman–Crippen LogP) is 2.58. The zero-order valence-corrected chi connectivity index (χ0v) is 14.5. The molecule has 0 radical (unpaired) electrons. The fourth-order valence-electron chi connectivity index (χ4n) is 2.83. The Kier molecular flexibility index (Phi) is 4.32. The molecule has 0 saturated heterocycles. The van der Waals surface area contributed by atoms with Gasteiger partial charge in [-0.05, 0) is 56.2 Å². The van der Waals surface area contributed by atoms with Crippen LogP contribution >= 0.6 is 0 Å². The second kappa shape index (κ2) is 6.28. The maximum atomic E-state index is 12.8. The SMILES string of the molecule is CC(C)NC(=O)c1ccc2c(c1)CCN2S(=O)(=O)c1ccccc1. The number of hydrogen-bond donors (Lipinski definition) is 1. The van der Waals surface area contributed by atoms with Crippen LogP contribution in [0, 0.1) is 0 Å². The highest BCUT2D eigenvalue weighted by atomic mass is 32.2. The van der Waals surface area contributed by atoms with Crippen molar-refractivity contribution >= 4 is 21.6 Å². The highest BCUT2D eigenvalue weighted by molar-refractivity contribution is 7.92. The van der Waals surface area contributed by atoms with Crippen LogP contribution in [-0.4, -0.2) is 26.9 Å². The van der Waals surface area contributed by atoms with Gasteiger partial charge in [0.15, 0.2) is 0 Å². The average Bonchev–Trinajstić information content (AvgIpc) is 2.98. The summed E-state index contributed by atoms with van der Waals surface area (Å²) in [5.41, 5.74) is 2.09. The maximum absolute atomic E-state index is 12.8. The smallest absolute Gasteiger partial charge is 0.264 e. The summed E-state index contributed by atoms with van der Waals surface area (Å²) in [5.74, 6) is -0.142. The van der Waals surface area contributed by atoms with E-state index in [9.17, 15) is 13.2 Å². The van der Waals surface area contributed by atoms with Gasteiger partial charge in [-0.3, -0.25) is 9.10 Å². The first-order valence-electron chi connectivity index (χ1n) is 7.91. The van der Waals surface area contributed by atoms with E-state index in [1.165, 1.54) is 4.31 Å². The standard InChI is InChI=1S/C18H20N2O3S/c1-13(2)19-18(21)15-8-9-17-14(12-15)10-11-20(17)24(22,23)16-6-4-3-5-7-16/h3-9,12-13H,10-11H2,1-2H3,(H,19,21). The minimum Gasteiger partial charge on any atom is -0.350 e. The Labute approximate surface area is 142 Å². The van der Waals surface area contributed by atoms with E-state index in [2.05, 4.69) is 5.32 Å². The van der Waals surface area contributed by atoms with Crippen LogP contribution in [0.1, 0.15) is 29.8 Å². The average molecular weight is 344 g/mol. The number of amides is 1. The number of anilines is 1. The van der Waals surface area contributed by atoms with Crippen LogP contribution in [0.25, 0.3) is 0 Å². The van der Waals surface area contributed by atoms with Crippen molar-refractivity contribution in [3.8, 4) is 0 Å². The summed E-state index contributed by atoms with van der Waals surface area (Å²) in [5, 5.41) is 2.85. The number of carbonyl (C=O) groups excluding carboxylic acids is 1. The van der Waals surface area contributed by atoms with Gasteiger partial charge < -0.3 is 5.32 Å². The van der Waals surface area contributed by atoms with Crippen molar-refractivity contribution in [3.63, 3.8) is 0 Å². The Bertz CT molecular complexity index is 861. The molecule has 1 aliphatic heterocycles. The Balaban J connectivity index is 1.92. The molecule has 1 heterocycles. The van der Waals surface area contributed by atoms with Gasteiger partial charge in [-0.1, -0.05) is 18.2 Å². The molecule has 6 heteroatoms. The molecule has 0 bridgehead atoms. The zero-order chi connectivity index (χ0) is 17.3. The molecule has 0 fully saturated rings. The largest absolute Gasteiger partial charge is 0.350 e. The van der Waals surface area contributed by atoms with E-state index in [1.807, 2.05) is 13.8 Å². The van der Waals surface area contributed by atoms with Crippen LogP contribution in [0.5, 0.6) is 0 Å². The molecule has 1 aliphatic rings. The third-order valence-electron chi connectivity index (χ3n) is 3.95. The number of fused-ring (bicyclic) bond motifs is 1. The van der Waals surface area contributed by atoms with Crippen LogP contribution in [0.4, 0.5) is 5.69 Å². The van der Waals surface area contributed by atoms with Crippen molar-refractivity contribution in [1.29, 1.82) is 0 Å². The van der Waals surface area contributed by atoms with Gasteiger partial charge in [0.05, 0.1) is 10.6 Å². The van der Waals surface area contributed by atoms with Crippen molar-refractivity contribution in [2.75, 3.05) is 10.8 Å². The van der Waals surface area contributed by atoms with E-state index in [4.69, 9.17) is 0 Å². The number of rotatable bonds is 4. The van der Waals surface area contributed by atoms with E-state index in [0.717, 1.165) is 5.56 Å². The molecule has 0 unspecified atom stereocenters. The molecule has 0 aliphatic carbocycles. The van der Waals surface area contributed by atoms with Crippen LogP contribution in [0.15, 0.2) is 53.4 Å². The summed E-state index contributed by atoms with van der Waals surface area (Å²) < 4.78 is 27.0. The lowest BCUT2D eigenvalue weighted by atomic mass is 10.1. The first-order valence-corrected chi connectivity index (χ1v) is 9.35. The summed E-state index contributed by atoms with van der Waals surface area (Å²) >= 11 is 0. The van der Waals surface area contributed by atoms with Crippen LogP contribution < -0.4 is 9.62 Å². The highest BCUT2D eigenvalue weighted by Gasteiger charge is 2.31. The number of carbonyl (C=O) groups is 1. The summed E-state index contributed by atoms with van der Waals surface area (Å²) in [6.07, 6.45) is 0.601. The van der Waals surface area contributed by atoms with E-state index < -0.39 is 10.0 Å². The third kappa shape index (κ3) is 3.01. The summed E-state index contributed by atoms with van der Waals surface area (Å²) in [6.45, 7) is 4.20. The molecule has 0 aromatic heterocycles. The Morgan fingerprint density at radius 3 is 2.50 bits per heavy atom. The van der Waals surface area contributed by atoms with E-state index in [0.29, 0.717) is 24.2 Å². The monoisotopic (exact) mass is 344 g/mol. The quantitative estimate of drug-likeness (QED) is 0.927. The Morgan fingerprint density at radius 2 is 1.83 bits per heavy atom. The molecule has 0 spiro atoms. The maximum Gasteiger partial charge on any atom is 0.264 e. The first-order chi connectivity index (χ1) is 11.4.